The predicted molar refractivity (Wildman–Crippen MR) is 148 cm³/mol. The summed E-state index contributed by atoms with van der Waals surface area (Å²) in [7, 11) is 1.47. The summed E-state index contributed by atoms with van der Waals surface area (Å²) in [6, 6.07) is 0. The number of hydrogen-bond donors (Lipinski definition) is 3. The molecule has 0 amide bonds. The van der Waals surface area contributed by atoms with Crippen molar-refractivity contribution in [1.29, 1.82) is 0 Å². The van der Waals surface area contributed by atoms with Gasteiger partial charge in [-0.2, -0.15) is 0 Å². The number of esters is 2. The minimum absolute atomic E-state index is 0.0190. The zero-order valence-corrected chi connectivity index (χ0v) is 25.5. The van der Waals surface area contributed by atoms with Crippen LogP contribution in [0.25, 0.3) is 0 Å². The Morgan fingerprint density at radius 3 is 2.50 bits per heavy atom. The molecule has 0 radical (unpaired) electrons. The van der Waals surface area contributed by atoms with Gasteiger partial charge in [-0.05, 0) is 80.6 Å². The molecule has 4 saturated carbocycles. The van der Waals surface area contributed by atoms with Gasteiger partial charge >= 0.3 is 11.9 Å². The molecule has 0 aromatic heterocycles. The van der Waals surface area contributed by atoms with E-state index in [-0.39, 0.29) is 41.7 Å². The van der Waals surface area contributed by atoms with Crippen LogP contribution < -0.4 is 0 Å². The third kappa shape index (κ3) is 4.58. The number of cyclic esters (lactones) is 1. The van der Waals surface area contributed by atoms with Crippen molar-refractivity contribution in [1.82, 2.24) is 0 Å². The van der Waals surface area contributed by atoms with Gasteiger partial charge in [0.05, 0.1) is 30.5 Å². The molecule has 42 heavy (non-hydrogen) atoms. The van der Waals surface area contributed by atoms with E-state index in [0.717, 1.165) is 50.5 Å². The number of fused-ring (bicyclic) bond motifs is 5. The molecule has 0 spiro atoms. The second-order valence-electron chi connectivity index (χ2n) is 14.5. The van der Waals surface area contributed by atoms with E-state index in [9.17, 15) is 24.9 Å². The lowest BCUT2D eigenvalue weighted by Gasteiger charge is -2.63. The first-order valence-electron chi connectivity index (χ1n) is 15.8. The standard InChI is InChI=1S/C32H48O10/c1-16-26(35)28(38-5)27(36)29(40-16)42-20-8-10-30(3)19(13-20)6-7-22-21(30)9-11-31(4)25(18-12-24(34)39-15-18)23(41-17(2)33)14-32(22,31)37/h15-16,19-23,25-29,35-37H,6-14H2,1-5H3/t16-,19-,20+,21+,22-,23+,25+,26+,27-,28+,29+,30+,31-,32+/m1/s1. The molecular formula is C32H48O10. The fourth-order valence-electron chi connectivity index (χ4n) is 10.4. The number of hydrogen-bond acceptors (Lipinski definition) is 10. The molecule has 0 bridgehead atoms. The van der Waals surface area contributed by atoms with Gasteiger partial charge in [0.25, 0.3) is 0 Å². The number of rotatable bonds is 5. The second kappa shape index (κ2) is 10.8. The number of aliphatic hydroxyl groups excluding tert-OH is 2. The van der Waals surface area contributed by atoms with Crippen molar-refractivity contribution in [2.45, 2.75) is 134 Å². The molecule has 14 atom stereocenters. The SMILES string of the molecule is CO[C@H]1[C@@H](O)[C@@H](C)O[C@@H](O[C@H]2CC[C@@]3(C)[C@H](CC[C@@H]4[C@@H]3CC[C@]3(C)[C@@H](C5=COC(=O)C5)[C@@H](OC(C)=O)C[C@]43O)C2)[C@@H]1O. The number of methoxy groups -OCH3 is 1. The van der Waals surface area contributed by atoms with Gasteiger partial charge in [0.15, 0.2) is 6.29 Å². The molecule has 2 heterocycles. The van der Waals surface area contributed by atoms with E-state index in [4.69, 9.17) is 23.7 Å². The summed E-state index contributed by atoms with van der Waals surface area (Å²) in [6.45, 7) is 7.67. The largest absolute Gasteiger partial charge is 0.462 e. The van der Waals surface area contributed by atoms with E-state index in [1.807, 2.05) is 0 Å². The maximum Gasteiger partial charge on any atom is 0.314 e. The minimum atomic E-state index is -1.08. The molecule has 2 aliphatic heterocycles. The van der Waals surface area contributed by atoms with Crippen LogP contribution in [0.5, 0.6) is 0 Å². The quantitative estimate of drug-likeness (QED) is 0.322. The predicted octanol–water partition coefficient (Wildman–Crippen LogP) is 3.00. The highest BCUT2D eigenvalue weighted by Gasteiger charge is 2.71. The first-order valence-corrected chi connectivity index (χ1v) is 15.8. The molecule has 4 aliphatic carbocycles. The fraction of sp³-hybridized carbons (Fsp3) is 0.875. The van der Waals surface area contributed by atoms with E-state index >= 15 is 0 Å². The van der Waals surface area contributed by atoms with E-state index in [0.29, 0.717) is 18.3 Å². The number of carbonyl (C=O) groups is 2. The first kappa shape index (κ1) is 30.5. The van der Waals surface area contributed by atoms with E-state index in [2.05, 4.69) is 13.8 Å². The highest BCUT2D eigenvalue weighted by molar-refractivity contribution is 5.76. The Bertz CT molecular complexity index is 1110. The number of aliphatic hydroxyl groups is 3. The van der Waals surface area contributed by atoms with Gasteiger partial charge in [0.2, 0.25) is 0 Å². The minimum Gasteiger partial charge on any atom is -0.462 e. The molecule has 5 fully saturated rings. The molecule has 0 unspecified atom stereocenters. The van der Waals surface area contributed by atoms with E-state index in [1.165, 1.54) is 20.3 Å². The molecule has 236 valence electrons. The Morgan fingerprint density at radius 2 is 1.83 bits per heavy atom. The van der Waals surface area contributed by atoms with Gasteiger partial charge in [-0.25, -0.2) is 0 Å². The smallest absolute Gasteiger partial charge is 0.314 e. The van der Waals surface area contributed by atoms with Crippen LogP contribution in [0.1, 0.15) is 85.5 Å². The van der Waals surface area contributed by atoms with Gasteiger partial charge in [-0.3, -0.25) is 9.59 Å². The Labute approximate surface area is 248 Å². The Balaban J connectivity index is 1.20. The van der Waals surface area contributed by atoms with Crippen LogP contribution in [0.2, 0.25) is 0 Å². The summed E-state index contributed by atoms with van der Waals surface area (Å²) in [5.41, 5.74) is -0.720. The molecule has 6 aliphatic rings. The van der Waals surface area contributed by atoms with E-state index < -0.39 is 47.8 Å². The fourth-order valence-corrected chi connectivity index (χ4v) is 10.4. The zero-order valence-electron chi connectivity index (χ0n) is 25.5. The van der Waals surface area contributed by atoms with Crippen LogP contribution in [0.4, 0.5) is 0 Å². The van der Waals surface area contributed by atoms with Crippen molar-refractivity contribution < 1.29 is 48.6 Å². The molecule has 0 aromatic rings. The molecule has 1 saturated heterocycles. The molecule has 0 aromatic carbocycles. The third-order valence-electron chi connectivity index (χ3n) is 12.6. The number of carbonyl (C=O) groups excluding carboxylic acids is 2. The highest BCUT2D eigenvalue weighted by Crippen LogP contribution is 2.70. The molecule has 10 nitrogen and oxygen atoms in total. The molecule has 6 rings (SSSR count). The highest BCUT2D eigenvalue weighted by atomic mass is 16.7. The van der Waals surface area contributed by atoms with Gasteiger partial charge in [-0.15, -0.1) is 0 Å². The Morgan fingerprint density at radius 1 is 1.07 bits per heavy atom. The lowest BCUT2D eigenvalue weighted by atomic mass is 9.43. The van der Waals surface area contributed by atoms with Crippen molar-refractivity contribution in [3.63, 3.8) is 0 Å². The van der Waals surface area contributed by atoms with Gasteiger partial charge in [0.1, 0.15) is 24.4 Å². The third-order valence-corrected chi connectivity index (χ3v) is 12.6. The number of ether oxygens (including phenoxy) is 5. The summed E-state index contributed by atoms with van der Waals surface area (Å²) >= 11 is 0. The van der Waals surface area contributed by atoms with Crippen LogP contribution in [0.3, 0.4) is 0 Å². The lowest BCUT2D eigenvalue weighted by molar-refractivity contribution is -0.313. The summed E-state index contributed by atoms with van der Waals surface area (Å²) in [5, 5.41) is 33.8. The second-order valence-corrected chi connectivity index (χ2v) is 14.5. The van der Waals surface area contributed by atoms with Crippen molar-refractivity contribution >= 4 is 11.9 Å². The Hall–Kier alpha value is -1.56. The molecule has 10 heteroatoms. The van der Waals surface area contributed by atoms with Crippen LogP contribution in [0.15, 0.2) is 11.8 Å². The lowest BCUT2D eigenvalue weighted by Crippen LogP contribution is -2.62. The van der Waals surface area contributed by atoms with Crippen molar-refractivity contribution in [2.75, 3.05) is 7.11 Å². The average molecular weight is 593 g/mol. The maximum atomic E-state index is 12.7. The van der Waals surface area contributed by atoms with Crippen molar-refractivity contribution in [3.05, 3.63) is 11.8 Å². The molecular weight excluding hydrogens is 544 g/mol. The summed E-state index contributed by atoms with van der Waals surface area (Å²) in [5.74, 6) is -0.164. The monoisotopic (exact) mass is 592 g/mol. The van der Waals surface area contributed by atoms with Gasteiger partial charge in [0, 0.05) is 31.8 Å². The van der Waals surface area contributed by atoms with Crippen molar-refractivity contribution in [3.8, 4) is 0 Å². The summed E-state index contributed by atoms with van der Waals surface area (Å²) in [6.07, 6.45) is 3.52. The average Bonchev–Trinajstić information content (AvgIpc) is 3.44. The van der Waals surface area contributed by atoms with Crippen LogP contribution in [-0.2, 0) is 33.3 Å². The van der Waals surface area contributed by atoms with Gasteiger partial charge in [-0.1, -0.05) is 13.8 Å². The zero-order chi connectivity index (χ0) is 30.2. The van der Waals surface area contributed by atoms with Crippen LogP contribution in [-0.4, -0.2) is 82.9 Å². The normalized spacial score (nSPS) is 52.0. The van der Waals surface area contributed by atoms with Crippen LogP contribution in [0, 0.1) is 34.5 Å². The van der Waals surface area contributed by atoms with Gasteiger partial charge < -0.3 is 39.0 Å². The Kier molecular flexibility index (Phi) is 7.84. The molecule has 3 N–H and O–H groups in total. The summed E-state index contributed by atoms with van der Waals surface area (Å²) in [4.78, 5) is 24.2. The van der Waals surface area contributed by atoms with Crippen LogP contribution >= 0.6 is 0 Å². The summed E-state index contributed by atoms with van der Waals surface area (Å²) < 4.78 is 28.6. The topological polar surface area (TPSA) is 141 Å². The van der Waals surface area contributed by atoms with E-state index in [1.54, 1.807) is 6.92 Å². The maximum absolute atomic E-state index is 12.7. The first-order chi connectivity index (χ1) is 19.8. The van der Waals surface area contributed by atoms with Crippen molar-refractivity contribution in [2.24, 2.45) is 34.5 Å².